The molecule has 0 saturated carbocycles. The SMILES string of the molecule is Cc1ccc2c(CSc3nnc4n(-c5c(C)cccc5C)c(=O)c5ccccc5n34)cc(=O)oc2c1. The molecule has 0 unspecified atom stereocenters. The standard InChI is InChI=1S/C28H22N4O3S/c1-16-11-12-20-19(14-24(33)35-23(20)13-16)15-36-28-30-29-27-31(28)22-10-5-4-9-21(22)26(34)32(27)25-17(2)7-6-8-18(25)3/h4-14H,15H2,1-3H3. The molecule has 0 bridgehead atoms. The van der Waals surface area contributed by atoms with Gasteiger partial charge in [0.25, 0.3) is 5.56 Å². The first-order chi connectivity index (χ1) is 17.4. The Kier molecular flexibility index (Phi) is 5.26. The maximum absolute atomic E-state index is 13.7. The highest BCUT2D eigenvalue weighted by molar-refractivity contribution is 7.98. The first kappa shape index (κ1) is 22.3. The van der Waals surface area contributed by atoms with Crippen LogP contribution in [0.3, 0.4) is 0 Å². The summed E-state index contributed by atoms with van der Waals surface area (Å²) in [5, 5.41) is 11.0. The number of para-hydroxylation sites is 2. The first-order valence-electron chi connectivity index (χ1n) is 11.5. The van der Waals surface area contributed by atoms with Gasteiger partial charge in [0.1, 0.15) is 5.58 Å². The van der Waals surface area contributed by atoms with Crippen molar-refractivity contribution >= 4 is 39.4 Å². The fourth-order valence-electron chi connectivity index (χ4n) is 4.73. The van der Waals surface area contributed by atoms with Crippen LogP contribution in [0.25, 0.3) is 33.3 Å². The van der Waals surface area contributed by atoms with Crippen LogP contribution in [0, 0.1) is 20.8 Å². The van der Waals surface area contributed by atoms with E-state index >= 15 is 0 Å². The van der Waals surface area contributed by atoms with Crippen LogP contribution in [0.2, 0.25) is 0 Å². The minimum Gasteiger partial charge on any atom is -0.423 e. The second kappa shape index (κ2) is 8.49. The van der Waals surface area contributed by atoms with Crippen molar-refractivity contribution < 1.29 is 4.42 Å². The normalized spacial score (nSPS) is 11.6. The van der Waals surface area contributed by atoms with E-state index in [2.05, 4.69) is 10.2 Å². The molecule has 0 N–H and O–H groups in total. The molecule has 7 nitrogen and oxygen atoms in total. The zero-order valence-corrected chi connectivity index (χ0v) is 20.8. The van der Waals surface area contributed by atoms with Gasteiger partial charge in [-0.05, 0) is 61.2 Å². The van der Waals surface area contributed by atoms with E-state index in [-0.39, 0.29) is 11.2 Å². The molecule has 0 atom stereocenters. The first-order valence-corrected chi connectivity index (χ1v) is 12.5. The Morgan fingerprint density at radius 2 is 1.64 bits per heavy atom. The second-order valence-electron chi connectivity index (χ2n) is 8.90. The maximum Gasteiger partial charge on any atom is 0.336 e. The van der Waals surface area contributed by atoms with Gasteiger partial charge in [-0.25, -0.2) is 9.36 Å². The molecular weight excluding hydrogens is 472 g/mol. The number of thioether (sulfide) groups is 1. The summed E-state index contributed by atoms with van der Waals surface area (Å²) in [6, 6.07) is 20.8. The molecule has 3 aromatic carbocycles. The van der Waals surface area contributed by atoms with Crippen molar-refractivity contribution in [2.24, 2.45) is 0 Å². The van der Waals surface area contributed by atoms with Crippen LogP contribution in [0.4, 0.5) is 0 Å². The molecule has 3 heterocycles. The average Bonchev–Trinajstić information content (AvgIpc) is 3.27. The third-order valence-corrected chi connectivity index (χ3v) is 7.38. The minimum absolute atomic E-state index is 0.138. The van der Waals surface area contributed by atoms with Crippen LogP contribution in [0.5, 0.6) is 0 Å². The highest BCUT2D eigenvalue weighted by atomic mass is 32.2. The molecule has 0 amide bonds. The van der Waals surface area contributed by atoms with E-state index in [1.165, 1.54) is 17.8 Å². The molecule has 0 fully saturated rings. The lowest BCUT2D eigenvalue weighted by molar-refractivity contribution is 0.559. The van der Waals surface area contributed by atoms with Gasteiger partial charge in [0.05, 0.1) is 16.6 Å². The summed E-state index contributed by atoms with van der Waals surface area (Å²) in [4.78, 5) is 25.9. The Balaban J connectivity index is 1.55. The second-order valence-corrected chi connectivity index (χ2v) is 9.84. The van der Waals surface area contributed by atoms with Crippen molar-refractivity contribution in [3.63, 3.8) is 0 Å². The van der Waals surface area contributed by atoms with E-state index < -0.39 is 0 Å². The number of fused-ring (bicyclic) bond motifs is 4. The van der Waals surface area contributed by atoms with E-state index in [0.29, 0.717) is 27.7 Å². The number of nitrogens with zero attached hydrogens (tertiary/aromatic N) is 4. The van der Waals surface area contributed by atoms with Crippen molar-refractivity contribution in [1.29, 1.82) is 0 Å². The number of aryl methyl sites for hydroxylation is 3. The van der Waals surface area contributed by atoms with Crippen LogP contribution < -0.4 is 11.2 Å². The van der Waals surface area contributed by atoms with Gasteiger partial charge in [-0.2, -0.15) is 0 Å². The third kappa shape index (κ3) is 3.53. The smallest absolute Gasteiger partial charge is 0.336 e. The van der Waals surface area contributed by atoms with Crippen molar-refractivity contribution in [1.82, 2.24) is 19.2 Å². The number of aromatic nitrogens is 4. The monoisotopic (exact) mass is 494 g/mol. The van der Waals surface area contributed by atoms with Gasteiger partial charge in [-0.1, -0.05) is 54.2 Å². The fourth-order valence-corrected chi connectivity index (χ4v) is 5.66. The predicted molar refractivity (Wildman–Crippen MR) is 142 cm³/mol. The molecule has 0 saturated heterocycles. The lowest BCUT2D eigenvalue weighted by Crippen LogP contribution is -2.23. The Morgan fingerprint density at radius 3 is 2.44 bits per heavy atom. The van der Waals surface area contributed by atoms with Gasteiger partial charge in [-0.3, -0.25) is 9.20 Å². The summed E-state index contributed by atoms with van der Waals surface area (Å²) in [7, 11) is 0. The van der Waals surface area contributed by atoms with E-state index in [9.17, 15) is 9.59 Å². The molecule has 178 valence electrons. The van der Waals surface area contributed by atoms with Gasteiger partial charge in [0.15, 0.2) is 5.16 Å². The molecule has 3 aromatic heterocycles. The van der Waals surface area contributed by atoms with E-state index in [4.69, 9.17) is 4.42 Å². The maximum atomic E-state index is 13.7. The van der Waals surface area contributed by atoms with Gasteiger partial charge >= 0.3 is 5.63 Å². The predicted octanol–water partition coefficient (Wildman–Crippen LogP) is 5.36. The van der Waals surface area contributed by atoms with Crippen LogP contribution in [-0.2, 0) is 5.75 Å². The van der Waals surface area contributed by atoms with Gasteiger partial charge < -0.3 is 4.42 Å². The Labute approximate surface area is 210 Å². The molecule has 0 aliphatic heterocycles. The van der Waals surface area contributed by atoms with Crippen molar-refractivity contribution in [2.45, 2.75) is 31.7 Å². The van der Waals surface area contributed by atoms with Crippen molar-refractivity contribution in [3.05, 3.63) is 110 Å². The summed E-state index contributed by atoms with van der Waals surface area (Å²) in [5.74, 6) is 0.939. The molecule has 0 radical (unpaired) electrons. The molecule has 36 heavy (non-hydrogen) atoms. The van der Waals surface area contributed by atoms with Gasteiger partial charge in [0, 0.05) is 17.2 Å². The third-order valence-electron chi connectivity index (χ3n) is 6.40. The van der Waals surface area contributed by atoms with Gasteiger partial charge in [-0.15, -0.1) is 10.2 Å². The molecule has 0 spiro atoms. The summed E-state index contributed by atoms with van der Waals surface area (Å²) in [5.41, 5.74) is 5.42. The summed E-state index contributed by atoms with van der Waals surface area (Å²) >= 11 is 1.46. The summed E-state index contributed by atoms with van der Waals surface area (Å²) in [6.07, 6.45) is 0. The fraction of sp³-hybridized carbons (Fsp3) is 0.143. The summed E-state index contributed by atoms with van der Waals surface area (Å²) < 4.78 is 8.99. The van der Waals surface area contributed by atoms with Crippen molar-refractivity contribution in [3.8, 4) is 5.69 Å². The molecule has 0 aliphatic rings. The van der Waals surface area contributed by atoms with Crippen LogP contribution in [0.15, 0.2) is 85.9 Å². The van der Waals surface area contributed by atoms with E-state index in [1.807, 2.05) is 85.8 Å². The number of benzene rings is 3. The molecular formula is C28H22N4O3S. The zero-order chi connectivity index (χ0) is 25.0. The zero-order valence-electron chi connectivity index (χ0n) is 20.0. The van der Waals surface area contributed by atoms with Crippen LogP contribution >= 0.6 is 11.8 Å². The molecule has 6 rings (SSSR count). The van der Waals surface area contributed by atoms with E-state index in [0.717, 1.165) is 38.8 Å². The number of hydrogen-bond acceptors (Lipinski definition) is 6. The minimum atomic E-state index is -0.385. The highest BCUT2D eigenvalue weighted by Crippen LogP contribution is 2.29. The highest BCUT2D eigenvalue weighted by Gasteiger charge is 2.20. The lowest BCUT2D eigenvalue weighted by Gasteiger charge is -2.15. The summed E-state index contributed by atoms with van der Waals surface area (Å²) in [6.45, 7) is 5.94. The Morgan fingerprint density at radius 1 is 0.861 bits per heavy atom. The average molecular weight is 495 g/mol. The molecule has 0 aliphatic carbocycles. The van der Waals surface area contributed by atoms with Crippen LogP contribution in [0.1, 0.15) is 22.3 Å². The topological polar surface area (TPSA) is 82.4 Å². The van der Waals surface area contributed by atoms with Crippen LogP contribution in [-0.4, -0.2) is 19.2 Å². The van der Waals surface area contributed by atoms with Gasteiger partial charge in [0.2, 0.25) is 5.78 Å². The lowest BCUT2D eigenvalue weighted by atomic mass is 10.1. The van der Waals surface area contributed by atoms with E-state index in [1.54, 1.807) is 4.57 Å². The quantitative estimate of drug-likeness (QED) is 0.242. The number of rotatable bonds is 4. The van der Waals surface area contributed by atoms with Crippen molar-refractivity contribution in [2.75, 3.05) is 0 Å². The largest absolute Gasteiger partial charge is 0.423 e. The number of hydrogen-bond donors (Lipinski definition) is 0. The Bertz CT molecular complexity index is 1910. The molecule has 8 heteroatoms. The molecule has 6 aromatic rings. The Hall–Kier alpha value is -4.17.